The van der Waals surface area contributed by atoms with Crippen molar-refractivity contribution in [1.82, 2.24) is 31.5 Å². The van der Waals surface area contributed by atoms with Gasteiger partial charge in [0.2, 0.25) is 17.6 Å². The Labute approximate surface area is 299 Å². The highest BCUT2D eigenvalue weighted by molar-refractivity contribution is 6.38. The molecule has 1 saturated heterocycles. The molecule has 13 nitrogen and oxygen atoms in total. The second kappa shape index (κ2) is 19.1. The zero-order valence-electron chi connectivity index (χ0n) is 31.9. The summed E-state index contributed by atoms with van der Waals surface area (Å²) in [6.07, 6.45) is 6.54. The van der Waals surface area contributed by atoms with Crippen LogP contribution in [-0.2, 0) is 23.9 Å². The van der Waals surface area contributed by atoms with E-state index in [1.807, 2.05) is 62.3 Å². The van der Waals surface area contributed by atoms with Crippen LogP contribution in [0.2, 0.25) is 0 Å². The first kappa shape index (κ1) is 42.5. The normalized spacial score (nSPS) is 20.7. The molecule has 13 heteroatoms. The molecular formula is C37H64N6O7. The molecule has 1 aliphatic heterocycles. The molecule has 1 aliphatic carbocycles. The van der Waals surface area contributed by atoms with Crippen molar-refractivity contribution in [3.05, 3.63) is 12.7 Å². The summed E-state index contributed by atoms with van der Waals surface area (Å²) in [5, 5.41) is 13.9. The van der Waals surface area contributed by atoms with Crippen LogP contribution in [0.3, 0.4) is 0 Å². The van der Waals surface area contributed by atoms with E-state index in [9.17, 15) is 28.8 Å². The van der Waals surface area contributed by atoms with Crippen molar-refractivity contribution < 1.29 is 33.5 Å². The Hall–Kier alpha value is -3.64. The lowest BCUT2D eigenvalue weighted by atomic mass is 9.70. The summed E-state index contributed by atoms with van der Waals surface area (Å²) in [4.78, 5) is 81.9. The van der Waals surface area contributed by atoms with Gasteiger partial charge in [-0.3, -0.25) is 19.2 Å². The molecule has 2 aliphatic rings. The zero-order chi connectivity index (χ0) is 37.8. The number of amides is 6. The third-order valence-electron chi connectivity index (χ3n) is 10.0. The van der Waals surface area contributed by atoms with Crippen LogP contribution >= 0.6 is 0 Å². The van der Waals surface area contributed by atoms with Gasteiger partial charge in [0.05, 0.1) is 12.1 Å². The molecule has 284 valence electrons. The van der Waals surface area contributed by atoms with Crippen LogP contribution in [0, 0.1) is 22.7 Å². The highest BCUT2D eigenvalue weighted by Crippen LogP contribution is 2.41. The van der Waals surface area contributed by atoms with Crippen LogP contribution in [0.25, 0.3) is 0 Å². The van der Waals surface area contributed by atoms with Crippen LogP contribution in [0.5, 0.6) is 0 Å². The molecule has 0 aromatic carbocycles. The Morgan fingerprint density at radius 3 is 2.14 bits per heavy atom. The van der Waals surface area contributed by atoms with E-state index in [-0.39, 0.29) is 43.4 Å². The lowest BCUT2D eigenvalue weighted by Gasteiger charge is -2.43. The number of Topliss-reactive ketones (excluding diaryl/α,β-unsaturated/α-hetero) is 1. The predicted molar refractivity (Wildman–Crippen MR) is 193 cm³/mol. The number of nitrogens with one attached hydrogen (secondary N) is 5. The number of hydrogen-bond donors (Lipinski definition) is 5. The minimum atomic E-state index is -1.04. The van der Waals surface area contributed by atoms with Gasteiger partial charge in [-0.15, -0.1) is 6.58 Å². The van der Waals surface area contributed by atoms with Crippen molar-refractivity contribution in [1.29, 1.82) is 0 Å². The molecule has 0 radical (unpaired) electrons. The van der Waals surface area contributed by atoms with Gasteiger partial charge < -0.3 is 36.2 Å². The number of hydrogen-bond acceptors (Lipinski definition) is 7. The summed E-state index contributed by atoms with van der Waals surface area (Å²) in [6, 6.07) is -4.11. The van der Waals surface area contributed by atoms with Gasteiger partial charge >= 0.3 is 12.1 Å². The van der Waals surface area contributed by atoms with Gasteiger partial charge in [0.1, 0.15) is 18.7 Å². The fourth-order valence-corrected chi connectivity index (χ4v) is 6.95. The SMILES string of the molecule is C=CCNC(=O)C(=O)C(CCC)NC(=O)C1[C@@H](C(C)C)CCN1C(=O)C(NC(=O)N[C@H](COC(=O)NC(C)C)C(C)(C)C)C1(C)CCCCC1. The van der Waals surface area contributed by atoms with E-state index in [1.165, 1.54) is 6.08 Å². The fourth-order valence-electron chi connectivity index (χ4n) is 6.95. The maximum atomic E-state index is 14.7. The van der Waals surface area contributed by atoms with E-state index >= 15 is 0 Å². The van der Waals surface area contributed by atoms with E-state index in [0.29, 0.717) is 19.4 Å². The van der Waals surface area contributed by atoms with E-state index in [4.69, 9.17) is 4.74 Å². The molecule has 0 spiro atoms. The summed E-state index contributed by atoms with van der Waals surface area (Å²) in [5.74, 6) is -2.54. The monoisotopic (exact) mass is 704 g/mol. The highest BCUT2D eigenvalue weighted by atomic mass is 16.5. The molecule has 0 bridgehead atoms. The number of likely N-dealkylation sites (tertiary alicyclic amines) is 1. The number of ketones is 1. The number of urea groups is 1. The lowest BCUT2D eigenvalue weighted by molar-refractivity contribution is -0.145. The first-order valence-electron chi connectivity index (χ1n) is 18.4. The minimum Gasteiger partial charge on any atom is -0.447 e. The fraction of sp³-hybridized carbons (Fsp3) is 0.784. The lowest BCUT2D eigenvalue weighted by Crippen LogP contribution is -2.63. The average molecular weight is 705 g/mol. The number of carbonyl (C=O) groups is 6. The molecule has 0 aromatic rings. The second-order valence-electron chi connectivity index (χ2n) is 16.0. The first-order valence-corrected chi connectivity index (χ1v) is 18.4. The maximum Gasteiger partial charge on any atom is 0.407 e. The summed E-state index contributed by atoms with van der Waals surface area (Å²) < 4.78 is 5.42. The van der Waals surface area contributed by atoms with Crippen LogP contribution in [0.4, 0.5) is 9.59 Å². The number of nitrogens with zero attached hydrogens (tertiary/aromatic N) is 1. The molecule has 2 fully saturated rings. The molecule has 5 N–H and O–H groups in total. The van der Waals surface area contributed by atoms with Gasteiger partial charge in [-0.1, -0.05) is 80.2 Å². The minimum absolute atomic E-state index is 0.0418. The Bertz CT molecular complexity index is 1210. The third kappa shape index (κ3) is 12.0. The van der Waals surface area contributed by atoms with Gasteiger partial charge in [-0.2, -0.15) is 0 Å². The third-order valence-corrected chi connectivity index (χ3v) is 10.0. The Kier molecular flexibility index (Phi) is 16.2. The molecule has 50 heavy (non-hydrogen) atoms. The maximum absolute atomic E-state index is 14.7. The van der Waals surface area contributed by atoms with Crippen LogP contribution in [0.15, 0.2) is 12.7 Å². The average Bonchev–Trinajstić information content (AvgIpc) is 3.49. The molecule has 1 saturated carbocycles. The largest absolute Gasteiger partial charge is 0.447 e. The molecular weight excluding hydrogens is 640 g/mol. The summed E-state index contributed by atoms with van der Waals surface area (Å²) in [7, 11) is 0. The smallest absolute Gasteiger partial charge is 0.407 e. The van der Waals surface area contributed by atoms with E-state index < -0.39 is 64.7 Å². The number of ether oxygens (including phenoxy) is 1. The molecule has 1 heterocycles. The van der Waals surface area contributed by atoms with Crippen molar-refractivity contribution in [3.63, 3.8) is 0 Å². The predicted octanol–water partition coefficient (Wildman–Crippen LogP) is 4.20. The Morgan fingerprint density at radius 1 is 0.960 bits per heavy atom. The van der Waals surface area contributed by atoms with E-state index in [1.54, 1.807) is 4.90 Å². The summed E-state index contributed by atoms with van der Waals surface area (Å²) in [5.41, 5.74) is -1.06. The van der Waals surface area contributed by atoms with Gasteiger partial charge in [-0.25, -0.2) is 9.59 Å². The molecule has 2 rings (SSSR count). The van der Waals surface area contributed by atoms with Crippen LogP contribution < -0.4 is 26.6 Å². The summed E-state index contributed by atoms with van der Waals surface area (Å²) >= 11 is 0. The van der Waals surface area contributed by atoms with E-state index in [0.717, 1.165) is 32.1 Å². The highest BCUT2D eigenvalue weighted by Gasteiger charge is 2.50. The Balaban J connectivity index is 2.39. The van der Waals surface area contributed by atoms with Gasteiger partial charge in [0.15, 0.2) is 0 Å². The number of carbonyl (C=O) groups excluding carboxylic acids is 6. The van der Waals surface area contributed by atoms with Crippen LogP contribution in [-0.4, -0.2) is 90.4 Å². The quantitative estimate of drug-likeness (QED) is 0.118. The van der Waals surface area contributed by atoms with Gasteiger partial charge in [0, 0.05) is 19.1 Å². The van der Waals surface area contributed by atoms with Crippen molar-refractivity contribution >= 4 is 35.6 Å². The van der Waals surface area contributed by atoms with Crippen molar-refractivity contribution in [3.8, 4) is 0 Å². The zero-order valence-corrected chi connectivity index (χ0v) is 31.9. The molecule has 0 aromatic heterocycles. The standard InChI is InChI=1S/C37H64N6O7/c1-11-16-26(29(44)32(46)38-20-12-2)40-31(45)28-25(23(3)4)17-21-43(28)33(47)30(37(10)18-14-13-15-19-37)42-34(48)41-27(36(7,8)9)22-50-35(49)39-24(5)6/h12,23-28,30H,2,11,13-22H2,1,3-10H3,(H,38,46)(H,39,49)(H,40,45)(H2,41,42,48)/t25-,26?,27-,28?,30?/m1/s1. The van der Waals surface area contributed by atoms with Crippen molar-refractivity contribution in [2.75, 3.05) is 19.7 Å². The molecule has 5 atom stereocenters. The number of rotatable bonds is 16. The molecule has 6 amide bonds. The van der Waals surface area contributed by atoms with Crippen molar-refractivity contribution in [2.24, 2.45) is 22.7 Å². The second-order valence-corrected chi connectivity index (χ2v) is 16.0. The van der Waals surface area contributed by atoms with Crippen molar-refractivity contribution in [2.45, 2.75) is 144 Å². The van der Waals surface area contributed by atoms with Gasteiger partial charge in [-0.05, 0) is 62.2 Å². The van der Waals surface area contributed by atoms with Gasteiger partial charge in [0.25, 0.3) is 5.91 Å². The Morgan fingerprint density at radius 2 is 1.60 bits per heavy atom. The number of alkyl carbamates (subject to hydrolysis) is 1. The molecule has 3 unspecified atom stereocenters. The van der Waals surface area contributed by atoms with E-state index in [2.05, 4.69) is 33.2 Å². The topological polar surface area (TPSA) is 175 Å². The first-order chi connectivity index (χ1) is 23.4. The summed E-state index contributed by atoms with van der Waals surface area (Å²) in [6.45, 7) is 21.2. The van der Waals surface area contributed by atoms with Crippen LogP contribution in [0.1, 0.15) is 114 Å².